The third kappa shape index (κ3) is 5.05. The largest absolute Gasteiger partial charge is 0.360 e. The summed E-state index contributed by atoms with van der Waals surface area (Å²) >= 11 is 1.49. The number of nitrogens with zero attached hydrogens (tertiary/aromatic N) is 5. The number of hydrogen-bond acceptors (Lipinski definition) is 7. The average Bonchev–Trinajstić information content (AvgIpc) is 3.73. The highest BCUT2D eigenvalue weighted by Gasteiger charge is 2.31. The summed E-state index contributed by atoms with van der Waals surface area (Å²) in [5.41, 5.74) is 4.10. The number of likely N-dealkylation sites (tertiary alicyclic amines) is 1. The van der Waals surface area contributed by atoms with Gasteiger partial charge in [0.2, 0.25) is 0 Å². The maximum Gasteiger partial charge on any atom is 0.276 e. The quantitative estimate of drug-likeness (QED) is 0.286. The molecule has 1 saturated heterocycles. The van der Waals surface area contributed by atoms with E-state index in [0.717, 1.165) is 34.7 Å². The first-order chi connectivity index (χ1) is 19.5. The van der Waals surface area contributed by atoms with Crippen molar-refractivity contribution in [2.75, 3.05) is 18.4 Å². The zero-order chi connectivity index (χ0) is 27.6. The van der Waals surface area contributed by atoms with Gasteiger partial charge in [-0.1, -0.05) is 65.8 Å². The van der Waals surface area contributed by atoms with Crippen LogP contribution >= 0.6 is 11.3 Å². The minimum atomic E-state index is -0.269. The van der Waals surface area contributed by atoms with Gasteiger partial charge in [0.25, 0.3) is 11.8 Å². The van der Waals surface area contributed by atoms with Gasteiger partial charge in [0, 0.05) is 48.6 Å². The number of thiazole rings is 1. The molecule has 202 valence electrons. The lowest BCUT2D eigenvalue weighted by Gasteiger charge is -2.31. The van der Waals surface area contributed by atoms with Crippen LogP contribution in [0.4, 0.5) is 5.82 Å². The summed E-state index contributed by atoms with van der Waals surface area (Å²) in [7, 11) is 1.80. The van der Waals surface area contributed by atoms with Crippen LogP contribution in [0.15, 0.2) is 76.6 Å². The number of nitrogens with one attached hydrogen (secondary N) is 1. The molecule has 0 unspecified atom stereocenters. The summed E-state index contributed by atoms with van der Waals surface area (Å²) in [4.78, 5) is 33.0. The van der Waals surface area contributed by atoms with Crippen molar-refractivity contribution in [3.8, 4) is 22.5 Å². The van der Waals surface area contributed by atoms with Crippen molar-refractivity contribution < 1.29 is 14.1 Å². The first-order valence-corrected chi connectivity index (χ1v) is 14.0. The molecule has 0 radical (unpaired) electrons. The van der Waals surface area contributed by atoms with E-state index in [1.807, 2.05) is 71.6 Å². The molecular formula is C30H28N6O3S. The molecule has 1 aliphatic rings. The highest BCUT2D eigenvalue weighted by atomic mass is 32.1. The predicted octanol–water partition coefficient (Wildman–Crippen LogP) is 5.78. The summed E-state index contributed by atoms with van der Waals surface area (Å²) in [5.74, 6) is 0.972. The van der Waals surface area contributed by atoms with Gasteiger partial charge < -0.3 is 14.7 Å². The Morgan fingerprint density at radius 2 is 1.68 bits per heavy atom. The summed E-state index contributed by atoms with van der Waals surface area (Å²) < 4.78 is 7.06. The Kier molecular flexibility index (Phi) is 7.00. The Morgan fingerprint density at radius 1 is 1.00 bits per heavy atom. The average molecular weight is 553 g/mol. The Balaban J connectivity index is 1.09. The fourth-order valence-electron chi connectivity index (χ4n) is 5.00. The van der Waals surface area contributed by atoms with Crippen LogP contribution in [-0.4, -0.2) is 49.7 Å². The van der Waals surface area contributed by atoms with E-state index in [-0.39, 0.29) is 17.7 Å². The van der Waals surface area contributed by atoms with E-state index in [9.17, 15) is 9.59 Å². The molecule has 1 N–H and O–H groups in total. The molecule has 9 nitrogen and oxygen atoms in total. The maximum absolute atomic E-state index is 13.5. The highest BCUT2D eigenvalue weighted by molar-refractivity contribution is 7.10. The van der Waals surface area contributed by atoms with Gasteiger partial charge in [-0.15, -0.1) is 11.3 Å². The van der Waals surface area contributed by atoms with Crippen LogP contribution in [0.5, 0.6) is 0 Å². The van der Waals surface area contributed by atoms with Crippen LogP contribution in [0.1, 0.15) is 50.4 Å². The molecular weight excluding hydrogens is 524 g/mol. The molecule has 2 aromatic carbocycles. The van der Waals surface area contributed by atoms with Crippen molar-refractivity contribution in [2.45, 2.75) is 25.7 Å². The minimum Gasteiger partial charge on any atom is -0.360 e. The van der Waals surface area contributed by atoms with Crippen molar-refractivity contribution in [1.82, 2.24) is 24.8 Å². The van der Waals surface area contributed by atoms with Crippen molar-refractivity contribution in [3.05, 3.63) is 94.1 Å². The van der Waals surface area contributed by atoms with E-state index in [4.69, 9.17) is 4.52 Å². The SMILES string of the molecule is Cc1onc(-c2ccccc2)c1C(=O)N1CCC(c2nc(C(=O)Nc3cc(-c4ccccc4)nn3C)cs2)CC1. The molecule has 0 saturated carbocycles. The van der Waals surface area contributed by atoms with Crippen molar-refractivity contribution in [2.24, 2.45) is 7.05 Å². The lowest BCUT2D eigenvalue weighted by Crippen LogP contribution is -2.38. The number of carbonyl (C=O) groups excluding carboxylic acids is 2. The second kappa shape index (κ2) is 10.9. The van der Waals surface area contributed by atoms with Crippen LogP contribution in [0.3, 0.4) is 0 Å². The topological polar surface area (TPSA) is 106 Å². The molecule has 1 fully saturated rings. The Labute approximate surface area is 235 Å². The molecule has 6 rings (SSSR count). The summed E-state index contributed by atoms with van der Waals surface area (Å²) in [6.07, 6.45) is 1.54. The first-order valence-electron chi connectivity index (χ1n) is 13.1. The molecule has 1 aliphatic heterocycles. The van der Waals surface area contributed by atoms with Crippen molar-refractivity contribution in [1.29, 1.82) is 0 Å². The molecule has 40 heavy (non-hydrogen) atoms. The predicted molar refractivity (Wildman–Crippen MR) is 153 cm³/mol. The Hall–Kier alpha value is -4.57. The van der Waals surface area contributed by atoms with Gasteiger partial charge >= 0.3 is 0 Å². The molecule has 4 heterocycles. The fraction of sp³-hybridized carbons (Fsp3) is 0.233. The number of amides is 2. The van der Waals surface area contributed by atoms with Crippen LogP contribution in [-0.2, 0) is 7.05 Å². The molecule has 0 spiro atoms. The van der Waals surface area contributed by atoms with Gasteiger partial charge in [-0.3, -0.25) is 14.3 Å². The zero-order valence-corrected chi connectivity index (χ0v) is 23.0. The molecule has 10 heteroatoms. The van der Waals surface area contributed by atoms with E-state index in [2.05, 4.69) is 20.6 Å². The molecule has 3 aromatic heterocycles. The van der Waals surface area contributed by atoms with Crippen molar-refractivity contribution in [3.63, 3.8) is 0 Å². The Morgan fingerprint density at radius 3 is 2.38 bits per heavy atom. The van der Waals surface area contributed by atoms with Gasteiger partial charge in [0.1, 0.15) is 28.5 Å². The number of aromatic nitrogens is 4. The van der Waals surface area contributed by atoms with Crippen molar-refractivity contribution >= 4 is 29.0 Å². The molecule has 2 amide bonds. The van der Waals surface area contributed by atoms with Crippen LogP contribution in [0.2, 0.25) is 0 Å². The summed E-state index contributed by atoms with van der Waals surface area (Å²) in [6, 6.07) is 21.3. The van der Waals surface area contributed by atoms with E-state index in [0.29, 0.717) is 41.6 Å². The molecule has 5 aromatic rings. The second-order valence-corrected chi connectivity index (χ2v) is 10.7. The van der Waals surface area contributed by atoms with E-state index >= 15 is 0 Å². The van der Waals surface area contributed by atoms with Gasteiger partial charge in [-0.05, 0) is 19.8 Å². The van der Waals surface area contributed by atoms with Crippen LogP contribution < -0.4 is 5.32 Å². The fourth-order valence-corrected chi connectivity index (χ4v) is 5.97. The first kappa shape index (κ1) is 25.7. The lowest BCUT2D eigenvalue weighted by molar-refractivity contribution is 0.0711. The summed E-state index contributed by atoms with van der Waals surface area (Å²) in [5, 5.41) is 14.3. The van der Waals surface area contributed by atoms with Gasteiger partial charge in [-0.25, -0.2) is 4.98 Å². The van der Waals surface area contributed by atoms with Crippen LogP contribution in [0, 0.1) is 6.92 Å². The van der Waals surface area contributed by atoms with E-state index in [1.165, 1.54) is 11.3 Å². The number of benzene rings is 2. The number of anilines is 1. The number of aryl methyl sites for hydroxylation is 2. The number of rotatable bonds is 6. The second-order valence-electron chi connectivity index (χ2n) is 9.82. The van der Waals surface area contributed by atoms with Gasteiger partial charge in [0.15, 0.2) is 0 Å². The molecule has 0 bridgehead atoms. The summed E-state index contributed by atoms with van der Waals surface area (Å²) in [6.45, 7) is 2.97. The zero-order valence-electron chi connectivity index (χ0n) is 22.2. The molecule has 0 atom stereocenters. The number of piperidine rings is 1. The Bertz CT molecular complexity index is 1650. The number of hydrogen-bond donors (Lipinski definition) is 1. The third-order valence-corrected chi connectivity index (χ3v) is 8.21. The molecule has 0 aliphatic carbocycles. The highest BCUT2D eigenvalue weighted by Crippen LogP contribution is 2.33. The number of carbonyl (C=O) groups is 2. The monoisotopic (exact) mass is 552 g/mol. The third-order valence-electron chi connectivity index (χ3n) is 7.20. The van der Waals surface area contributed by atoms with E-state index < -0.39 is 0 Å². The lowest BCUT2D eigenvalue weighted by atomic mass is 9.96. The maximum atomic E-state index is 13.5. The van der Waals surface area contributed by atoms with Gasteiger partial charge in [0.05, 0.1) is 10.7 Å². The van der Waals surface area contributed by atoms with Crippen LogP contribution in [0.25, 0.3) is 22.5 Å². The minimum absolute atomic E-state index is 0.0682. The van der Waals surface area contributed by atoms with E-state index in [1.54, 1.807) is 24.0 Å². The normalized spacial score (nSPS) is 13.9. The van der Waals surface area contributed by atoms with Gasteiger partial charge in [-0.2, -0.15) is 5.10 Å². The standard InChI is InChI=1S/C30H28N6O3S/c1-19-26(27(34-39-19)21-11-7-4-8-12-21)30(38)36-15-13-22(14-16-36)29-31-24(18-40-29)28(37)32-25-17-23(33-35(25)2)20-9-5-3-6-10-20/h3-12,17-18,22H,13-16H2,1-2H3,(H,32,37). The smallest absolute Gasteiger partial charge is 0.276 e.